The standard InChI is InChI=1S/C36H36O4/c1-5-36(38-7-3)40-31-17-11-27(12-18-31)29-14-20-33-32-19-13-28(23-34(32)25(4)35(33)24-29)26-9-15-30(16-10-26)39-22-8-21-37-6-2/h6-7,9-20,23-25,36H,2-3,5,8,21-22H2,1,4H3. The molecule has 0 saturated heterocycles. The van der Waals surface area contributed by atoms with Crippen LogP contribution in [-0.2, 0) is 9.47 Å². The van der Waals surface area contributed by atoms with E-state index in [0.29, 0.717) is 19.1 Å². The van der Waals surface area contributed by atoms with E-state index in [0.717, 1.165) is 29.9 Å². The molecule has 4 nitrogen and oxygen atoms in total. The normalized spacial score (nSPS) is 14.0. The molecule has 2 unspecified atom stereocenters. The molecule has 204 valence electrons. The molecule has 0 amide bonds. The van der Waals surface area contributed by atoms with Crippen LogP contribution in [0.5, 0.6) is 11.5 Å². The third-order valence-electron chi connectivity index (χ3n) is 7.34. The highest BCUT2D eigenvalue weighted by Gasteiger charge is 2.26. The lowest BCUT2D eigenvalue weighted by molar-refractivity contribution is -0.0308. The van der Waals surface area contributed by atoms with Crippen molar-refractivity contribution < 1.29 is 18.9 Å². The summed E-state index contributed by atoms with van der Waals surface area (Å²) in [6.45, 7) is 12.7. The largest absolute Gasteiger partial charge is 0.502 e. The van der Waals surface area contributed by atoms with E-state index >= 15 is 0 Å². The van der Waals surface area contributed by atoms with E-state index in [2.05, 4.69) is 80.7 Å². The van der Waals surface area contributed by atoms with Crippen molar-refractivity contribution in [2.75, 3.05) is 13.2 Å². The minimum atomic E-state index is -0.327. The molecule has 40 heavy (non-hydrogen) atoms. The minimum Gasteiger partial charge on any atom is -0.502 e. The Labute approximate surface area is 237 Å². The topological polar surface area (TPSA) is 36.9 Å². The van der Waals surface area contributed by atoms with E-state index in [1.807, 2.05) is 31.2 Å². The van der Waals surface area contributed by atoms with Crippen molar-refractivity contribution in [2.24, 2.45) is 0 Å². The summed E-state index contributed by atoms with van der Waals surface area (Å²) in [5.41, 5.74) is 10.1. The molecule has 0 fully saturated rings. The van der Waals surface area contributed by atoms with Crippen molar-refractivity contribution in [3.05, 3.63) is 122 Å². The third kappa shape index (κ3) is 5.91. The summed E-state index contributed by atoms with van der Waals surface area (Å²) >= 11 is 0. The first-order valence-corrected chi connectivity index (χ1v) is 13.9. The molecule has 0 spiro atoms. The second kappa shape index (κ2) is 12.6. The van der Waals surface area contributed by atoms with Crippen LogP contribution in [-0.4, -0.2) is 19.5 Å². The Bertz CT molecular complexity index is 1450. The highest BCUT2D eigenvalue weighted by Crippen LogP contribution is 2.47. The van der Waals surface area contributed by atoms with Gasteiger partial charge in [0.1, 0.15) is 11.5 Å². The van der Waals surface area contributed by atoms with Crippen molar-refractivity contribution in [2.45, 2.75) is 38.9 Å². The maximum Gasteiger partial charge on any atom is 0.239 e. The molecule has 4 heteroatoms. The first-order valence-electron chi connectivity index (χ1n) is 13.9. The van der Waals surface area contributed by atoms with Gasteiger partial charge in [0.05, 0.1) is 25.7 Å². The van der Waals surface area contributed by atoms with Crippen LogP contribution in [0.2, 0.25) is 0 Å². The van der Waals surface area contributed by atoms with Crippen LogP contribution in [0, 0.1) is 0 Å². The highest BCUT2D eigenvalue weighted by atomic mass is 16.7. The van der Waals surface area contributed by atoms with E-state index < -0.39 is 0 Å². The summed E-state index contributed by atoms with van der Waals surface area (Å²) in [6, 6.07) is 30.1. The van der Waals surface area contributed by atoms with E-state index in [4.69, 9.17) is 18.9 Å². The molecule has 2 atom stereocenters. The fourth-order valence-electron chi connectivity index (χ4n) is 5.21. The van der Waals surface area contributed by atoms with Crippen LogP contribution in [0.4, 0.5) is 0 Å². The summed E-state index contributed by atoms with van der Waals surface area (Å²) in [5, 5.41) is 0. The Kier molecular flexibility index (Phi) is 8.56. The summed E-state index contributed by atoms with van der Waals surface area (Å²) in [7, 11) is 0. The van der Waals surface area contributed by atoms with Crippen LogP contribution in [0.1, 0.15) is 43.7 Å². The number of rotatable bonds is 13. The Morgan fingerprint density at radius 1 is 0.700 bits per heavy atom. The zero-order chi connectivity index (χ0) is 27.9. The van der Waals surface area contributed by atoms with Gasteiger partial charge >= 0.3 is 0 Å². The van der Waals surface area contributed by atoms with Crippen LogP contribution >= 0.6 is 0 Å². The predicted molar refractivity (Wildman–Crippen MR) is 163 cm³/mol. The van der Waals surface area contributed by atoms with Gasteiger partial charge in [-0.05, 0) is 80.9 Å². The van der Waals surface area contributed by atoms with Crippen LogP contribution in [0.15, 0.2) is 111 Å². The van der Waals surface area contributed by atoms with Crippen LogP contribution < -0.4 is 9.47 Å². The van der Waals surface area contributed by atoms with Crippen LogP contribution in [0.25, 0.3) is 33.4 Å². The molecule has 0 N–H and O–H groups in total. The van der Waals surface area contributed by atoms with Gasteiger partial charge in [0.25, 0.3) is 0 Å². The lowest BCUT2D eigenvalue weighted by atomic mass is 9.94. The average molecular weight is 533 g/mol. The SMILES string of the molecule is C=COCCCOc1ccc(-c2ccc3c(c2)C(C)c2cc(-c4ccc(OC(CC)OC=C)cc4)ccc2-3)cc1. The van der Waals surface area contributed by atoms with Gasteiger partial charge in [0.15, 0.2) is 0 Å². The minimum absolute atomic E-state index is 0.314. The number of hydrogen-bond donors (Lipinski definition) is 0. The zero-order valence-electron chi connectivity index (χ0n) is 23.3. The van der Waals surface area contributed by atoms with Gasteiger partial charge < -0.3 is 18.9 Å². The van der Waals surface area contributed by atoms with Gasteiger partial charge in [-0.1, -0.05) is 75.5 Å². The first-order chi connectivity index (χ1) is 19.6. The molecule has 0 saturated carbocycles. The maximum atomic E-state index is 5.90. The number of hydrogen-bond acceptors (Lipinski definition) is 4. The maximum absolute atomic E-state index is 5.90. The average Bonchev–Trinajstić information content (AvgIpc) is 3.28. The molecular weight excluding hydrogens is 496 g/mol. The Hall–Kier alpha value is -4.44. The van der Waals surface area contributed by atoms with Crippen LogP contribution in [0.3, 0.4) is 0 Å². The summed E-state index contributed by atoms with van der Waals surface area (Å²) < 4.78 is 22.3. The van der Waals surface area contributed by atoms with E-state index in [-0.39, 0.29) is 6.29 Å². The smallest absolute Gasteiger partial charge is 0.239 e. The molecule has 0 heterocycles. The molecule has 0 radical (unpaired) electrons. The van der Waals surface area contributed by atoms with Gasteiger partial charge in [-0.2, -0.15) is 0 Å². The van der Waals surface area contributed by atoms with Gasteiger partial charge in [0.2, 0.25) is 6.29 Å². The quantitative estimate of drug-likeness (QED) is 0.0976. The first kappa shape index (κ1) is 27.1. The van der Waals surface area contributed by atoms with E-state index in [1.165, 1.54) is 51.5 Å². The predicted octanol–water partition coefficient (Wildman–Crippen LogP) is 9.36. The molecule has 1 aliphatic carbocycles. The fourth-order valence-corrected chi connectivity index (χ4v) is 5.21. The number of ether oxygens (including phenoxy) is 4. The Balaban J connectivity index is 1.29. The fraction of sp³-hybridized carbons (Fsp3) is 0.222. The summed E-state index contributed by atoms with van der Waals surface area (Å²) in [5.74, 6) is 1.96. The molecule has 0 aliphatic heterocycles. The van der Waals surface area contributed by atoms with Crippen molar-refractivity contribution in [3.63, 3.8) is 0 Å². The van der Waals surface area contributed by atoms with Gasteiger partial charge in [-0.15, -0.1) is 0 Å². The highest BCUT2D eigenvalue weighted by molar-refractivity contribution is 5.84. The summed E-state index contributed by atoms with van der Waals surface area (Å²) in [4.78, 5) is 0. The summed E-state index contributed by atoms with van der Waals surface area (Å²) in [6.07, 6.45) is 4.12. The lowest BCUT2D eigenvalue weighted by Crippen LogP contribution is -2.16. The molecule has 4 aromatic carbocycles. The zero-order valence-corrected chi connectivity index (χ0v) is 23.3. The molecule has 0 bridgehead atoms. The molecular formula is C36H36O4. The van der Waals surface area contributed by atoms with Gasteiger partial charge in [-0.3, -0.25) is 0 Å². The van der Waals surface area contributed by atoms with Crippen molar-refractivity contribution >= 4 is 0 Å². The molecule has 4 aromatic rings. The number of benzene rings is 4. The van der Waals surface area contributed by atoms with Crippen molar-refractivity contribution in [1.82, 2.24) is 0 Å². The second-order valence-electron chi connectivity index (χ2n) is 9.87. The van der Waals surface area contributed by atoms with Crippen molar-refractivity contribution in [3.8, 4) is 44.9 Å². The van der Waals surface area contributed by atoms with Gasteiger partial charge in [-0.25, -0.2) is 0 Å². The number of fused-ring (bicyclic) bond motifs is 3. The van der Waals surface area contributed by atoms with Gasteiger partial charge in [0, 0.05) is 18.8 Å². The molecule has 1 aliphatic rings. The lowest BCUT2D eigenvalue weighted by Gasteiger charge is -2.17. The third-order valence-corrected chi connectivity index (χ3v) is 7.34. The van der Waals surface area contributed by atoms with E-state index in [9.17, 15) is 0 Å². The Morgan fingerprint density at radius 2 is 1.25 bits per heavy atom. The monoisotopic (exact) mass is 532 g/mol. The van der Waals surface area contributed by atoms with Crippen molar-refractivity contribution in [1.29, 1.82) is 0 Å². The molecule has 5 rings (SSSR count). The molecule has 0 aromatic heterocycles. The van der Waals surface area contributed by atoms with E-state index in [1.54, 1.807) is 0 Å². The second-order valence-corrected chi connectivity index (χ2v) is 9.87. The Morgan fingerprint density at radius 3 is 1.77 bits per heavy atom.